The number of furan rings is 1. The minimum atomic E-state index is -0.272. The third kappa shape index (κ3) is 5.24. The SMILES string of the molecule is Cc1ccc(-c2ccc(C3C(c4ccccn4)NC(=S)N3CCC(=O)Nc3cccc4ccccc34)o2)c(Br)c1. The van der Waals surface area contributed by atoms with Crippen LogP contribution in [0.2, 0.25) is 0 Å². The summed E-state index contributed by atoms with van der Waals surface area (Å²) in [5, 5.41) is 9.17. The van der Waals surface area contributed by atoms with E-state index in [4.69, 9.17) is 16.6 Å². The number of carbonyl (C=O) groups is 1. The standard InChI is InChI=1S/C32H27BrN4O2S/c1-20-12-13-23(24(33)19-20)27-14-15-28(39-27)31-30(26-10-4-5-17-34-26)36-32(40)37(31)18-16-29(38)35-25-11-6-8-21-7-2-3-9-22(21)25/h2-15,17,19,30-31H,16,18H2,1H3,(H,35,38)(H,36,40). The Morgan fingerprint density at radius 1 is 1.05 bits per heavy atom. The minimum absolute atomic E-state index is 0.0806. The van der Waals surface area contributed by atoms with Crippen LogP contribution in [0.1, 0.15) is 35.5 Å². The van der Waals surface area contributed by atoms with Gasteiger partial charge in [0.15, 0.2) is 5.11 Å². The first-order valence-corrected chi connectivity index (χ1v) is 14.3. The number of amides is 1. The number of carbonyl (C=O) groups excluding carboxylic acids is 1. The Labute approximate surface area is 246 Å². The number of hydrogen-bond acceptors (Lipinski definition) is 4. The van der Waals surface area contributed by atoms with Gasteiger partial charge in [0, 0.05) is 40.3 Å². The summed E-state index contributed by atoms with van der Waals surface area (Å²) >= 11 is 9.45. The second-order valence-corrected chi connectivity index (χ2v) is 11.1. The van der Waals surface area contributed by atoms with Crippen molar-refractivity contribution in [3.05, 3.63) is 119 Å². The normalized spacial score (nSPS) is 16.8. The molecule has 2 aromatic heterocycles. The molecule has 0 saturated carbocycles. The highest BCUT2D eigenvalue weighted by Crippen LogP contribution is 2.41. The quantitative estimate of drug-likeness (QED) is 0.185. The lowest BCUT2D eigenvalue weighted by Crippen LogP contribution is -2.32. The van der Waals surface area contributed by atoms with E-state index in [0.29, 0.717) is 11.7 Å². The van der Waals surface area contributed by atoms with Crippen molar-refractivity contribution < 1.29 is 9.21 Å². The van der Waals surface area contributed by atoms with Crippen LogP contribution in [0, 0.1) is 6.92 Å². The number of aromatic nitrogens is 1. The first-order chi connectivity index (χ1) is 19.5. The van der Waals surface area contributed by atoms with Gasteiger partial charge in [-0.1, -0.05) is 64.5 Å². The number of anilines is 1. The number of aryl methyl sites for hydroxylation is 1. The summed E-state index contributed by atoms with van der Waals surface area (Å²) in [6, 6.07) is 29.4. The van der Waals surface area contributed by atoms with Crippen molar-refractivity contribution >= 4 is 55.6 Å². The Kier molecular flexibility index (Phi) is 7.36. The lowest BCUT2D eigenvalue weighted by Gasteiger charge is -2.26. The number of thiocarbonyl (C=S) groups is 1. The zero-order valence-corrected chi connectivity index (χ0v) is 24.2. The molecule has 6 nitrogen and oxygen atoms in total. The molecule has 1 amide bonds. The molecule has 3 heterocycles. The fourth-order valence-electron chi connectivity index (χ4n) is 5.20. The molecule has 2 atom stereocenters. The topological polar surface area (TPSA) is 70.4 Å². The molecule has 1 aliphatic heterocycles. The number of benzene rings is 3. The highest BCUT2D eigenvalue weighted by molar-refractivity contribution is 9.10. The predicted octanol–water partition coefficient (Wildman–Crippen LogP) is 7.57. The van der Waals surface area contributed by atoms with Crippen molar-refractivity contribution in [3.8, 4) is 11.3 Å². The molecule has 0 radical (unpaired) electrons. The molecule has 0 aliphatic carbocycles. The third-order valence-corrected chi connectivity index (χ3v) is 8.16. The van der Waals surface area contributed by atoms with Gasteiger partial charge in [0.2, 0.25) is 5.91 Å². The third-order valence-electron chi connectivity index (χ3n) is 7.15. The van der Waals surface area contributed by atoms with E-state index in [2.05, 4.69) is 50.6 Å². The van der Waals surface area contributed by atoms with Gasteiger partial charge in [0.1, 0.15) is 17.6 Å². The average Bonchev–Trinajstić information content (AvgIpc) is 3.57. The van der Waals surface area contributed by atoms with Crippen LogP contribution in [-0.4, -0.2) is 27.4 Å². The summed E-state index contributed by atoms with van der Waals surface area (Å²) in [6.45, 7) is 2.47. The van der Waals surface area contributed by atoms with E-state index in [9.17, 15) is 4.79 Å². The smallest absolute Gasteiger partial charge is 0.226 e. The molecular weight excluding hydrogens is 584 g/mol. The van der Waals surface area contributed by atoms with Crippen molar-refractivity contribution in [2.75, 3.05) is 11.9 Å². The summed E-state index contributed by atoms with van der Waals surface area (Å²) in [4.78, 5) is 19.8. The van der Waals surface area contributed by atoms with Gasteiger partial charge in [0.05, 0.1) is 11.7 Å². The van der Waals surface area contributed by atoms with Gasteiger partial charge in [-0.3, -0.25) is 9.78 Å². The molecule has 2 N–H and O–H groups in total. The number of hydrogen-bond donors (Lipinski definition) is 2. The highest BCUT2D eigenvalue weighted by Gasteiger charge is 2.41. The van der Waals surface area contributed by atoms with Gasteiger partial charge in [-0.15, -0.1) is 0 Å². The summed E-state index contributed by atoms with van der Waals surface area (Å²) in [5.41, 5.74) is 3.79. The molecule has 0 spiro atoms. The van der Waals surface area contributed by atoms with Gasteiger partial charge >= 0.3 is 0 Å². The van der Waals surface area contributed by atoms with Crippen LogP contribution < -0.4 is 10.6 Å². The van der Waals surface area contributed by atoms with Crippen LogP contribution in [0.15, 0.2) is 106 Å². The maximum Gasteiger partial charge on any atom is 0.226 e. The first-order valence-electron chi connectivity index (χ1n) is 13.1. The maximum absolute atomic E-state index is 13.1. The van der Waals surface area contributed by atoms with Gasteiger partial charge in [0.25, 0.3) is 0 Å². The van der Waals surface area contributed by atoms with Gasteiger partial charge in [-0.25, -0.2) is 0 Å². The zero-order valence-electron chi connectivity index (χ0n) is 21.8. The van der Waals surface area contributed by atoms with E-state index in [0.717, 1.165) is 49.3 Å². The van der Waals surface area contributed by atoms with Gasteiger partial charge in [-0.05, 0) is 72.6 Å². The fourth-order valence-corrected chi connectivity index (χ4v) is 6.22. The molecule has 8 heteroatoms. The molecule has 1 aliphatic rings. The number of nitrogens with zero attached hydrogens (tertiary/aromatic N) is 2. The zero-order chi connectivity index (χ0) is 27.6. The number of pyridine rings is 1. The molecule has 0 bridgehead atoms. The monoisotopic (exact) mass is 610 g/mol. The largest absolute Gasteiger partial charge is 0.459 e. The number of nitrogens with one attached hydrogen (secondary N) is 2. The lowest BCUT2D eigenvalue weighted by molar-refractivity contribution is -0.116. The van der Waals surface area contributed by atoms with Crippen LogP contribution in [0.5, 0.6) is 0 Å². The summed E-state index contributed by atoms with van der Waals surface area (Å²) in [5.74, 6) is 1.43. The Morgan fingerprint density at radius 3 is 2.70 bits per heavy atom. The Hall–Kier alpha value is -4.01. The van der Waals surface area contributed by atoms with E-state index in [1.54, 1.807) is 6.20 Å². The number of fused-ring (bicyclic) bond motifs is 1. The summed E-state index contributed by atoms with van der Waals surface area (Å²) < 4.78 is 7.42. The predicted molar refractivity (Wildman–Crippen MR) is 166 cm³/mol. The second kappa shape index (κ2) is 11.2. The van der Waals surface area contributed by atoms with E-state index in [1.165, 1.54) is 0 Å². The maximum atomic E-state index is 13.1. The molecule has 5 aromatic rings. The Balaban J connectivity index is 1.26. The fraction of sp³-hybridized carbons (Fsp3) is 0.156. The second-order valence-electron chi connectivity index (χ2n) is 9.83. The lowest BCUT2D eigenvalue weighted by atomic mass is 10.0. The molecule has 6 rings (SSSR count). The van der Waals surface area contributed by atoms with Crippen LogP contribution in [-0.2, 0) is 4.79 Å². The Morgan fingerprint density at radius 2 is 1.88 bits per heavy atom. The van der Waals surface area contributed by atoms with Crippen molar-refractivity contribution in [3.63, 3.8) is 0 Å². The molecule has 40 heavy (non-hydrogen) atoms. The van der Waals surface area contributed by atoms with Crippen molar-refractivity contribution in [2.45, 2.75) is 25.4 Å². The molecule has 1 saturated heterocycles. The van der Waals surface area contributed by atoms with Crippen molar-refractivity contribution in [2.24, 2.45) is 0 Å². The Bertz CT molecular complexity index is 1700. The molecule has 3 aromatic carbocycles. The van der Waals surface area contributed by atoms with Crippen LogP contribution >= 0.6 is 28.1 Å². The molecule has 2 unspecified atom stereocenters. The molecular formula is C32H27BrN4O2S. The van der Waals surface area contributed by atoms with Crippen LogP contribution in [0.25, 0.3) is 22.1 Å². The summed E-state index contributed by atoms with van der Waals surface area (Å²) in [6.07, 6.45) is 2.03. The molecule has 1 fully saturated rings. The highest BCUT2D eigenvalue weighted by atomic mass is 79.9. The van der Waals surface area contributed by atoms with Crippen molar-refractivity contribution in [1.29, 1.82) is 0 Å². The minimum Gasteiger partial charge on any atom is -0.459 e. The van der Waals surface area contributed by atoms with E-state index in [-0.39, 0.29) is 24.4 Å². The summed E-state index contributed by atoms with van der Waals surface area (Å²) in [7, 11) is 0. The van der Waals surface area contributed by atoms with E-state index >= 15 is 0 Å². The molecule has 200 valence electrons. The van der Waals surface area contributed by atoms with Crippen LogP contribution in [0.3, 0.4) is 0 Å². The van der Waals surface area contributed by atoms with Crippen LogP contribution in [0.4, 0.5) is 5.69 Å². The van der Waals surface area contributed by atoms with Gasteiger partial charge < -0.3 is 20.0 Å². The van der Waals surface area contributed by atoms with Crippen molar-refractivity contribution in [1.82, 2.24) is 15.2 Å². The number of halogens is 1. The first kappa shape index (κ1) is 26.2. The van der Waals surface area contributed by atoms with Gasteiger partial charge in [-0.2, -0.15) is 0 Å². The van der Waals surface area contributed by atoms with E-state index in [1.807, 2.05) is 83.8 Å². The average molecular weight is 612 g/mol. The number of rotatable bonds is 7. The van der Waals surface area contributed by atoms with E-state index < -0.39 is 0 Å².